The smallest absolute Gasteiger partial charge is 0.255 e. The van der Waals surface area contributed by atoms with Crippen LogP contribution in [0.25, 0.3) is 22.3 Å². The molecule has 3 aromatic heterocycles. The average molecular weight is 419 g/mol. The summed E-state index contributed by atoms with van der Waals surface area (Å²) in [6.07, 6.45) is 6.04. The highest BCUT2D eigenvalue weighted by Gasteiger charge is 2.36. The monoisotopic (exact) mass is 419 g/mol. The Balaban J connectivity index is 1.50. The largest absolute Gasteiger partial charge is 0.356 e. The summed E-state index contributed by atoms with van der Waals surface area (Å²) in [5, 5.41) is 1.21. The maximum Gasteiger partial charge on any atom is 0.255 e. The number of nitrogens with zero attached hydrogens (tertiary/aromatic N) is 3. The van der Waals surface area contributed by atoms with E-state index >= 15 is 0 Å². The first-order valence-corrected chi connectivity index (χ1v) is 10.7. The molecule has 2 aromatic carbocycles. The number of rotatable bonds is 3. The molecule has 32 heavy (non-hydrogen) atoms. The predicted octanol–water partition coefficient (Wildman–Crippen LogP) is 4.74. The third kappa shape index (κ3) is 2.92. The molecule has 1 aliphatic rings. The predicted molar refractivity (Wildman–Crippen MR) is 123 cm³/mol. The molecule has 0 spiro atoms. The first kappa shape index (κ1) is 18.6. The van der Waals surface area contributed by atoms with Gasteiger partial charge in [-0.05, 0) is 36.2 Å². The van der Waals surface area contributed by atoms with Gasteiger partial charge in [0.15, 0.2) is 0 Å². The molecule has 6 heteroatoms. The second-order valence-electron chi connectivity index (χ2n) is 7.95. The molecule has 0 saturated carbocycles. The number of nitrogens with one attached hydrogen (secondary N) is 2. The fourth-order valence-corrected chi connectivity index (χ4v) is 4.75. The molecule has 6 nitrogen and oxygen atoms in total. The number of aromatic nitrogens is 4. The number of H-pyrrole nitrogens is 2. The minimum atomic E-state index is -0.287. The maximum absolute atomic E-state index is 14.0. The number of aromatic amines is 2. The van der Waals surface area contributed by atoms with Gasteiger partial charge in [-0.2, -0.15) is 0 Å². The van der Waals surface area contributed by atoms with Gasteiger partial charge in [-0.1, -0.05) is 42.5 Å². The van der Waals surface area contributed by atoms with Gasteiger partial charge in [0.1, 0.15) is 11.9 Å². The molecule has 0 aliphatic carbocycles. The zero-order valence-corrected chi connectivity index (χ0v) is 17.3. The molecular formula is C26H21N5O. The quantitative estimate of drug-likeness (QED) is 0.443. The van der Waals surface area contributed by atoms with Crippen molar-refractivity contribution in [2.24, 2.45) is 0 Å². The SMILES string of the molecule is O=C(c1ccccc1-c1ncc[nH]1)N1CCc2c([nH]c3ccccc23)[C@H]1c1ccccn1. The molecule has 1 aliphatic heterocycles. The summed E-state index contributed by atoms with van der Waals surface area (Å²) < 4.78 is 0. The van der Waals surface area contributed by atoms with Crippen molar-refractivity contribution in [2.75, 3.05) is 6.54 Å². The van der Waals surface area contributed by atoms with E-state index in [4.69, 9.17) is 0 Å². The number of carbonyl (C=O) groups is 1. The molecule has 0 radical (unpaired) electrons. The van der Waals surface area contributed by atoms with Crippen LogP contribution in [-0.4, -0.2) is 37.3 Å². The lowest BCUT2D eigenvalue weighted by Crippen LogP contribution is -2.41. The third-order valence-electron chi connectivity index (χ3n) is 6.17. The van der Waals surface area contributed by atoms with Crippen LogP contribution in [0.3, 0.4) is 0 Å². The second-order valence-corrected chi connectivity index (χ2v) is 7.95. The third-order valence-corrected chi connectivity index (χ3v) is 6.17. The Morgan fingerprint density at radius 1 is 0.938 bits per heavy atom. The topological polar surface area (TPSA) is 77.7 Å². The van der Waals surface area contributed by atoms with E-state index in [2.05, 4.69) is 38.1 Å². The minimum Gasteiger partial charge on any atom is -0.356 e. The Bertz CT molecular complexity index is 1400. The van der Waals surface area contributed by atoms with Crippen molar-refractivity contribution in [1.29, 1.82) is 0 Å². The maximum atomic E-state index is 14.0. The highest BCUT2D eigenvalue weighted by atomic mass is 16.2. The average Bonchev–Trinajstić information content (AvgIpc) is 3.52. The van der Waals surface area contributed by atoms with E-state index in [1.165, 1.54) is 10.9 Å². The van der Waals surface area contributed by atoms with Crippen molar-refractivity contribution >= 4 is 16.8 Å². The molecule has 0 saturated heterocycles. The van der Waals surface area contributed by atoms with Crippen LogP contribution in [-0.2, 0) is 6.42 Å². The first-order valence-electron chi connectivity index (χ1n) is 10.7. The van der Waals surface area contributed by atoms with E-state index in [0.29, 0.717) is 17.9 Å². The summed E-state index contributed by atoms with van der Waals surface area (Å²) in [6.45, 7) is 0.613. The number of hydrogen-bond acceptors (Lipinski definition) is 3. The molecule has 0 fully saturated rings. The van der Waals surface area contributed by atoms with E-state index in [-0.39, 0.29) is 11.9 Å². The summed E-state index contributed by atoms with van der Waals surface area (Å²) >= 11 is 0. The van der Waals surface area contributed by atoms with Gasteiger partial charge in [-0.15, -0.1) is 0 Å². The van der Waals surface area contributed by atoms with Crippen LogP contribution < -0.4 is 0 Å². The number of pyridine rings is 1. The van der Waals surface area contributed by atoms with E-state index in [0.717, 1.165) is 28.9 Å². The van der Waals surface area contributed by atoms with Crippen molar-refractivity contribution < 1.29 is 4.79 Å². The Hall–Kier alpha value is -4.19. The van der Waals surface area contributed by atoms with Gasteiger partial charge in [0.25, 0.3) is 5.91 Å². The summed E-state index contributed by atoms with van der Waals surface area (Å²) in [4.78, 5) is 31.6. The van der Waals surface area contributed by atoms with Crippen molar-refractivity contribution in [3.05, 3.63) is 108 Å². The van der Waals surface area contributed by atoms with Crippen LogP contribution in [0.15, 0.2) is 85.3 Å². The number of imidazole rings is 1. The highest BCUT2D eigenvalue weighted by Crippen LogP contribution is 2.39. The van der Waals surface area contributed by atoms with E-state index in [9.17, 15) is 4.79 Å². The van der Waals surface area contributed by atoms with E-state index in [1.807, 2.05) is 53.4 Å². The van der Waals surface area contributed by atoms with Crippen molar-refractivity contribution in [1.82, 2.24) is 24.8 Å². The number of hydrogen-bond donors (Lipinski definition) is 2. The number of amides is 1. The summed E-state index contributed by atoms with van der Waals surface area (Å²) in [7, 11) is 0. The Morgan fingerprint density at radius 2 is 1.78 bits per heavy atom. The van der Waals surface area contributed by atoms with Crippen molar-refractivity contribution in [3.8, 4) is 11.4 Å². The van der Waals surface area contributed by atoms with Gasteiger partial charge < -0.3 is 14.9 Å². The Morgan fingerprint density at radius 3 is 2.62 bits per heavy atom. The van der Waals surface area contributed by atoms with Crippen molar-refractivity contribution in [3.63, 3.8) is 0 Å². The van der Waals surface area contributed by atoms with Gasteiger partial charge >= 0.3 is 0 Å². The fourth-order valence-electron chi connectivity index (χ4n) is 4.75. The molecule has 1 atom stereocenters. The van der Waals surface area contributed by atoms with Crippen LogP contribution in [0.5, 0.6) is 0 Å². The van der Waals surface area contributed by atoms with Gasteiger partial charge in [-0.25, -0.2) is 4.98 Å². The summed E-state index contributed by atoms with van der Waals surface area (Å²) in [5.41, 5.74) is 5.67. The lowest BCUT2D eigenvalue weighted by molar-refractivity contribution is 0.0689. The van der Waals surface area contributed by atoms with Gasteiger partial charge in [0.2, 0.25) is 0 Å². The molecule has 4 heterocycles. The van der Waals surface area contributed by atoms with Crippen molar-refractivity contribution in [2.45, 2.75) is 12.5 Å². The molecule has 1 amide bonds. The molecule has 0 bridgehead atoms. The first-order chi connectivity index (χ1) is 15.8. The van der Waals surface area contributed by atoms with Crippen LogP contribution in [0.2, 0.25) is 0 Å². The van der Waals surface area contributed by atoms with E-state index in [1.54, 1.807) is 18.6 Å². The molecule has 5 aromatic rings. The van der Waals surface area contributed by atoms with Crippen LogP contribution in [0, 0.1) is 0 Å². The number of benzene rings is 2. The zero-order chi connectivity index (χ0) is 21.5. The Labute approximate surface area is 185 Å². The summed E-state index contributed by atoms with van der Waals surface area (Å²) in [5.74, 6) is 0.656. The minimum absolute atomic E-state index is 0.0306. The van der Waals surface area contributed by atoms with Gasteiger partial charge in [0, 0.05) is 47.3 Å². The number of fused-ring (bicyclic) bond motifs is 3. The van der Waals surface area contributed by atoms with Gasteiger partial charge in [0.05, 0.1) is 11.3 Å². The molecule has 6 rings (SSSR count). The lowest BCUT2D eigenvalue weighted by atomic mass is 9.93. The lowest BCUT2D eigenvalue weighted by Gasteiger charge is -2.36. The zero-order valence-electron chi connectivity index (χ0n) is 17.3. The molecular weight excluding hydrogens is 398 g/mol. The number of carbonyl (C=O) groups excluding carboxylic acids is 1. The van der Waals surface area contributed by atoms with Crippen LogP contribution >= 0.6 is 0 Å². The number of para-hydroxylation sites is 1. The molecule has 156 valence electrons. The summed E-state index contributed by atoms with van der Waals surface area (Å²) in [6, 6.07) is 21.5. The molecule has 2 N–H and O–H groups in total. The fraction of sp³-hybridized carbons (Fsp3) is 0.115. The normalized spacial score (nSPS) is 15.6. The second kappa shape index (κ2) is 7.50. The standard InChI is InChI=1S/C26H21N5O/c32-26(20-9-2-1-8-19(20)25-28-14-15-29-25)31-16-12-18-17-7-3-4-10-21(17)30-23(18)24(31)22-11-5-6-13-27-22/h1-11,13-15,24,30H,12,16H2,(H,28,29)/t24-/m1/s1. The molecule has 0 unspecified atom stereocenters. The van der Waals surface area contributed by atoms with E-state index < -0.39 is 0 Å². The Kier molecular flexibility index (Phi) is 4.35. The van der Waals surface area contributed by atoms with Crippen LogP contribution in [0.1, 0.15) is 33.4 Å². The highest BCUT2D eigenvalue weighted by molar-refractivity contribution is 6.01. The van der Waals surface area contributed by atoms with Crippen LogP contribution in [0.4, 0.5) is 0 Å². The van der Waals surface area contributed by atoms with Gasteiger partial charge in [-0.3, -0.25) is 9.78 Å².